The Morgan fingerprint density at radius 1 is 1.27 bits per heavy atom. The second-order valence-corrected chi connectivity index (χ2v) is 7.85. The third-order valence-electron chi connectivity index (χ3n) is 5.24. The number of amides is 2. The molecule has 30 heavy (non-hydrogen) atoms. The smallest absolute Gasteiger partial charge is 0.366 e. The zero-order valence-electron chi connectivity index (χ0n) is 16.5. The zero-order valence-corrected chi connectivity index (χ0v) is 17.3. The SMILES string of the molecule is COc1c(C(=O)N2CCCN2C(=O)Cc2c(C)[nH]c3ccccc23)csc1[N+](=O)[O-]. The van der Waals surface area contributed by atoms with Crippen LogP contribution in [-0.2, 0) is 11.2 Å². The lowest BCUT2D eigenvalue weighted by Crippen LogP contribution is -2.45. The minimum atomic E-state index is -0.576. The average Bonchev–Trinajstić information content (AvgIpc) is 3.44. The van der Waals surface area contributed by atoms with E-state index in [-0.39, 0.29) is 28.6 Å². The number of benzene rings is 1. The first kappa shape index (κ1) is 19.9. The van der Waals surface area contributed by atoms with E-state index >= 15 is 0 Å². The number of methoxy groups -OCH3 is 1. The molecule has 1 fully saturated rings. The van der Waals surface area contributed by atoms with Gasteiger partial charge < -0.3 is 9.72 Å². The summed E-state index contributed by atoms with van der Waals surface area (Å²) in [6.45, 7) is 2.70. The third-order valence-corrected chi connectivity index (χ3v) is 6.15. The van der Waals surface area contributed by atoms with E-state index in [1.165, 1.54) is 22.5 Å². The van der Waals surface area contributed by atoms with Crippen LogP contribution in [0.5, 0.6) is 5.75 Å². The quantitative estimate of drug-likeness (QED) is 0.495. The number of hydrazine groups is 1. The number of nitrogens with zero attached hydrogens (tertiary/aromatic N) is 3. The zero-order chi connectivity index (χ0) is 21.4. The molecule has 3 aromatic rings. The Kier molecular flexibility index (Phi) is 5.17. The van der Waals surface area contributed by atoms with Crippen LogP contribution < -0.4 is 4.74 Å². The number of carbonyl (C=O) groups excluding carboxylic acids is 2. The molecule has 0 aliphatic carbocycles. The molecule has 1 aromatic carbocycles. The highest BCUT2D eigenvalue weighted by molar-refractivity contribution is 7.14. The molecule has 0 saturated carbocycles. The van der Waals surface area contributed by atoms with E-state index in [4.69, 9.17) is 4.74 Å². The predicted octanol–water partition coefficient (Wildman–Crippen LogP) is 3.29. The number of rotatable bonds is 5. The number of aromatic nitrogens is 1. The monoisotopic (exact) mass is 428 g/mol. The van der Waals surface area contributed by atoms with Crippen molar-refractivity contribution in [2.24, 2.45) is 0 Å². The van der Waals surface area contributed by atoms with Crippen molar-refractivity contribution in [2.45, 2.75) is 19.8 Å². The number of carbonyl (C=O) groups is 2. The molecule has 4 rings (SSSR count). The van der Waals surface area contributed by atoms with Gasteiger partial charge in [-0.3, -0.25) is 24.7 Å². The Hall–Kier alpha value is -3.40. The molecule has 156 valence electrons. The first-order chi connectivity index (χ1) is 14.4. The van der Waals surface area contributed by atoms with E-state index in [1.807, 2.05) is 31.2 Å². The van der Waals surface area contributed by atoms with Crippen LogP contribution in [0, 0.1) is 17.0 Å². The topological polar surface area (TPSA) is 109 Å². The van der Waals surface area contributed by atoms with E-state index in [1.54, 1.807) is 0 Å². The normalized spacial score (nSPS) is 13.8. The van der Waals surface area contributed by atoms with Gasteiger partial charge in [-0.15, -0.1) is 0 Å². The average molecular weight is 428 g/mol. The molecule has 10 heteroatoms. The third kappa shape index (κ3) is 3.28. The second-order valence-electron chi connectivity index (χ2n) is 6.99. The molecular weight excluding hydrogens is 408 g/mol. The van der Waals surface area contributed by atoms with E-state index < -0.39 is 10.8 Å². The van der Waals surface area contributed by atoms with Gasteiger partial charge in [0, 0.05) is 35.1 Å². The summed E-state index contributed by atoms with van der Waals surface area (Å²) >= 11 is 0.834. The van der Waals surface area contributed by atoms with Gasteiger partial charge in [0.25, 0.3) is 5.91 Å². The molecule has 1 aliphatic rings. The van der Waals surface area contributed by atoms with Gasteiger partial charge in [-0.25, -0.2) is 5.01 Å². The summed E-state index contributed by atoms with van der Waals surface area (Å²) in [7, 11) is 1.29. The lowest BCUT2D eigenvalue weighted by atomic mass is 10.1. The second kappa shape index (κ2) is 7.79. The van der Waals surface area contributed by atoms with Crippen molar-refractivity contribution in [1.82, 2.24) is 15.0 Å². The van der Waals surface area contributed by atoms with Gasteiger partial charge in [0.2, 0.25) is 11.7 Å². The molecule has 0 radical (unpaired) electrons. The summed E-state index contributed by atoms with van der Waals surface area (Å²) in [5.41, 5.74) is 2.87. The van der Waals surface area contributed by atoms with E-state index in [2.05, 4.69) is 4.98 Å². The molecule has 2 aromatic heterocycles. The number of nitro groups is 1. The number of fused-ring (bicyclic) bond motifs is 1. The number of hydrogen-bond donors (Lipinski definition) is 1. The minimum absolute atomic E-state index is 0.0678. The maximum absolute atomic E-state index is 13.1. The van der Waals surface area contributed by atoms with Crippen molar-refractivity contribution in [3.63, 3.8) is 0 Å². The number of hydrogen-bond acceptors (Lipinski definition) is 6. The van der Waals surface area contributed by atoms with Crippen LogP contribution in [0.1, 0.15) is 28.0 Å². The molecule has 0 spiro atoms. The van der Waals surface area contributed by atoms with Crippen LogP contribution in [0.15, 0.2) is 29.6 Å². The predicted molar refractivity (Wildman–Crippen MR) is 112 cm³/mol. The van der Waals surface area contributed by atoms with Crippen molar-refractivity contribution in [3.05, 3.63) is 56.6 Å². The molecular formula is C20H20N4O5S. The van der Waals surface area contributed by atoms with E-state index in [0.717, 1.165) is 33.5 Å². The van der Waals surface area contributed by atoms with Gasteiger partial charge in [-0.2, -0.15) is 0 Å². The van der Waals surface area contributed by atoms with Gasteiger partial charge in [0.15, 0.2) is 0 Å². The van der Waals surface area contributed by atoms with Crippen LogP contribution in [-0.4, -0.2) is 51.9 Å². The molecule has 1 aliphatic heterocycles. The van der Waals surface area contributed by atoms with Crippen molar-refractivity contribution >= 4 is 39.1 Å². The van der Waals surface area contributed by atoms with Crippen LogP contribution in [0.4, 0.5) is 5.00 Å². The lowest BCUT2D eigenvalue weighted by molar-refractivity contribution is -0.381. The summed E-state index contributed by atoms with van der Waals surface area (Å²) in [5, 5.41) is 16.1. The van der Waals surface area contributed by atoms with Gasteiger partial charge in [-0.1, -0.05) is 29.5 Å². The Balaban J connectivity index is 1.59. The number of nitrogens with one attached hydrogen (secondary N) is 1. The van der Waals surface area contributed by atoms with Crippen LogP contribution in [0.2, 0.25) is 0 Å². The Morgan fingerprint density at radius 3 is 2.73 bits per heavy atom. The molecule has 3 heterocycles. The number of para-hydroxylation sites is 1. The number of aromatic amines is 1. The van der Waals surface area contributed by atoms with Crippen LogP contribution >= 0.6 is 11.3 Å². The summed E-state index contributed by atoms with van der Waals surface area (Å²) in [6.07, 6.45) is 0.791. The number of thiophene rings is 1. The molecule has 1 N–H and O–H groups in total. The largest absolute Gasteiger partial charge is 0.489 e. The van der Waals surface area contributed by atoms with Crippen molar-refractivity contribution in [3.8, 4) is 5.75 Å². The van der Waals surface area contributed by atoms with Crippen molar-refractivity contribution < 1.29 is 19.2 Å². The summed E-state index contributed by atoms with van der Waals surface area (Å²) in [6, 6.07) is 7.77. The number of ether oxygens (including phenoxy) is 1. The minimum Gasteiger partial charge on any atom is -0.489 e. The first-order valence-corrected chi connectivity index (χ1v) is 10.3. The van der Waals surface area contributed by atoms with Gasteiger partial charge >= 0.3 is 5.00 Å². The number of H-pyrrole nitrogens is 1. The highest BCUT2D eigenvalue weighted by atomic mass is 32.1. The fourth-order valence-corrected chi connectivity index (χ4v) is 4.66. The first-order valence-electron chi connectivity index (χ1n) is 9.40. The standard InChI is InChI=1S/C20H20N4O5S/c1-12-14(13-6-3-4-7-16(13)21-12)10-17(25)22-8-5-9-23(22)19(26)15-11-30-20(24(27)28)18(15)29-2/h3-4,6-7,11,21H,5,8-10H2,1-2H3. The Morgan fingerprint density at radius 2 is 2.00 bits per heavy atom. The van der Waals surface area contributed by atoms with E-state index in [0.29, 0.717) is 19.5 Å². The fourth-order valence-electron chi connectivity index (χ4n) is 3.83. The van der Waals surface area contributed by atoms with Gasteiger partial charge in [0.05, 0.1) is 18.5 Å². The number of aryl methyl sites for hydroxylation is 1. The lowest BCUT2D eigenvalue weighted by Gasteiger charge is -2.28. The fraction of sp³-hybridized carbons (Fsp3) is 0.300. The van der Waals surface area contributed by atoms with Crippen molar-refractivity contribution in [2.75, 3.05) is 20.2 Å². The maximum Gasteiger partial charge on any atom is 0.366 e. The Labute approximate surface area is 176 Å². The molecule has 1 saturated heterocycles. The summed E-state index contributed by atoms with van der Waals surface area (Å²) in [4.78, 5) is 40.1. The maximum atomic E-state index is 13.1. The van der Waals surface area contributed by atoms with Gasteiger partial charge in [0.1, 0.15) is 5.56 Å². The van der Waals surface area contributed by atoms with Crippen LogP contribution in [0.25, 0.3) is 10.9 Å². The summed E-state index contributed by atoms with van der Waals surface area (Å²) in [5.74, 6) is -0.739. The Bertz CT molecular complexity index is 1150. The van der Waals surface area contributed by atoms with Crippen LogP contribution in [0.3, 0.4) is 0 Å². The molecule has 9 nitrogen and oxygen atoms in total. The van der Waals surface area contributed by atoms with Gasteiger partial charge in [-0.05, 0) is 25.0 Å². The highest BCUT2D eigenvalue weighted by Crippen LogP contribution is 2.38. The van der Waals surface area contributed by atoms with Crippen molar-refractivity contribution in [1.29, 1.82) is 0 Å². The molecule has 0 bridgehead atoms. The molecule has 0 atom stereocenters. The summed E-state index contributed by atoms with van der Waals surface area (Å²) < 4.78 is 5.12. The highest BCUT2D eigenvalue weighted by Gasteiger charge is 2.36. The molecule has 0 unspecified atom stereocenters. The molecule has 2 amide bonds. The van der Waals surface area contributed by atoms with E-state index in [9.17, 15) is 19.7 Å².